The van der Waals surface area contributed by atoms with Gasteiger partial charge in [0, 0.05) is 24.9 Å². The van der Waals surface area contributed by atoms with Gasteiger partial charge in [0.15, 0.2) is 12.1 Å². The fourth-order valence-electron chi connectivity index (χ4n) is 3.63. The van der Waals surface area contributed by atoms with Gasteiger partial charge in [-0.2, -0.15) is 4.99 Å². The summed E-state index contributed by atoms with van der Waals surface area (Å²) < 4.78 is 18.8. The van der Waals surface area contributed by atoms with Gasteiger partial charge in [0.2, 0.25) is 0 Å². The number of halogens is 2. The molecule has 0 saturated heterocycles. The molecule has 0 saturated carbocycles. The minimum Gasteiger partial charge on any atom is -0.482 e. The first-order chi connectivity index (χ1) is 17.8. The van der Waals surface area contributed by atoms with Crippen molar-refractivity contribution < 1.29 is 23.8 Å². The SMILES string of the molecule is CCOC(=O)c1cc2c(=O)n3ccccc3nc2n(CCOC)c1=NC(=O)COc1ccc(Cl)cc1Cl. The van der Waals surface area contributed by atoms with Crippen molar-refractivity contribution in [2.75, 3.05) is 26.9 Å². The van der Waals surface area contributed by atoms with E-state index < -0.39 is 24.0 Å². The zero-order chi connectivity index (χ0) is 26.5. The van der Waals surface area contributed by atoms with Crippen LogP contribution in [0.4, 0.5) is 0 Å². The number of pyridine rings is 2. The number of ether oxygens (including phenoxy) is 3. The molecule has 0 N–H and O–H groups in total. The molecule has 0 radical (unpaired) electrons. The third kappa shape index (κ3) is 5.66. The van der Waals surface area contributed by atoms with Gasteiger partial charge in [-0.1, -0.05) is 29.3 Å². The van der Waals surface area contributed by atoms with Gasteiger partial charge in [-0.3, -0.25) is 14.0 Å². The maximum Gasteiger partial charge on any atom is 0.341 e. The molecule has 0 atom stereocenters. The number of aromatic nitrogens is 3. The first-order valence-electron chi connectivity index (χ1n) is 11.2. The summed E-state index contributed by atoms with van der Waals surface area (Å²) in [5.74, 6) is -1.21. The van der Waals surface area contributed by atoms with E-state index in [0.717, 1.165) is 0 Å². The van der Waals surface area contributed by atoms with Crippen LogP contribution in [0.5, 0.6) is 5.75 Å². The Labute approximate surface area is 220 Å². The van der Waals surface area contributed by atoms with Crippen LogP contribution in [0, 0.1) is 0 Å². The third-order valence-electron chi connectivity index (χ3n) is 5.28. The lowest BCUT2D eigenvalue weighted by molar-refractivity contribution is -0.120. The first-order valence-corrected chi connectivity index (χ1v) is 12.0. The second-order valence-electron chi connectivity index (χ2n) is 7.70. The van der Waals surface area contributed by atoms with Crippen LogP contribution in [0.15, 0.2) is 58.4 Å². The number of rotatable bonds is 8. The average Bonchev–Trinajstić information content (AvgIpc) is 2.87. The van der Waals surface area contributed by atoms with E-state index in [1.54, 1.807) is 37.4 Å². The van der Waals surface area contributed by atoms with Gasteiger partial charge in [-0.05, 0) is 43.3 Å². The Morgan fingerprint density at radius 3 is 2.68 bits per heavy atom. The van der Waals surface area contributed by atoms with Crippen LogP contribution >= 0.6 is 23.2 Å². The number of carbonyl (C=O) groups is 2. The van der Waals surface area contributed by atoms with Gasteiger partial charge >= 0.3 is 5.97 Å². The normalized spacial score (nSPS) is 11.7. The topological polar surface area (TPSA) is 113 Å². The van der Waals surface area contributed by atoms with Crippen molar-refractivity contribution in [2.45, 2.75) is 13.5 Å². The van der Waals surface area contributed by atoms with Crippen LogP contribution < -0.4 is 15.8 Å². The zero-order valence-corrected chi connectivity index (χ0v) is 21.5. The molecule has 0 bridgehead atoms. The Hall–Kier alpha value is -3.73. The smallest absolute Gasteiger partial charge is 0.341 e. The summed E-state index contributed by atoms with van der Waals surface area (Å²) in [7, 11) is 1.50. The number of esters is 1. The van der Waals surface area contributed by atoms with Gasteiger partial charge in [0.05, 0.1) is 23.6 Å². The third-order valence-corrected chi connectivity index (χ3v) is 5.81. The van der Waals surface area contributed by atoms with Crippen molar-refractivity contribution in [3.05, 3.63) is 80.1 Å². The lowest BCUT2D eigenvalue weighted by Gasteiger charge is -2.15. The molecule has 4 rings (SSSR count). The number of methoxy groups -OCH3 is 1. The van der Waals surface area contributed by atoms with Crippen LogP contribution in [0.25, 0.3) is 16.7 Å². The fourth-order valence-corrected chi connectivity index (χ4v) is 4.10. The quantitative estimate of drug-likeness (QED) is 0.247. The summed E-state index contributed by atoms with van der Waals surface area (Å²) in [6, 6.07) is 11.0. The van der Waals surface area contributed by atoms with Crippen LogP contribution in [0.3, 0.4) is 0 Å². The summed E-state index contributed by atoms with van der Waals surface area (Å²) in [5, 5.41) is 0.794. The van der Waals surface area contributed by atoms with Gasteiger partial charge < -0.3 is 18.8 Å². The Morgan fingerprint density at radius 1 is 1.14 bits per heavy atom. The summed E-state index contributed by atoms with van der Waals surface area (Å²) in [4.78, 5) is 47.9. The Kier molecular flexibility index (Phi) is 8.22. The van der Waals surface area contributed by atoms with Gasteiger partial charge in [-0.15, -0.1) is 0 Å². The molecule has 0 spiro atoms. The largest absolute Gasteiger partial charge is 0.482 e. The molecule has 0 aliphatic rings. The van der Waals surface area contributed by atoms with Crippen molar-refractivity contribution >= 4 is 51.8 Å². The number of carbonyl (C=O) groups excluding carboxylic acids is 2. The molecule has 37 heavy (non-hydrogen) atoms. The molecule has 4 aromatic rings. The van der Waals surface area contributed by atoms with Crippen molar-refractivity contribution in [3.63, 3.8) is 0 Å². The molecule has 3 heterocycles. The van der Waals surface area contributed by atoms with Crippen LogP contribution in [0.2, 0.25) is 10.0 Å². The summed E-state index contributed by atoms with van der Waals surface area (Å²) >= 11 is 12.0. The minimum atomic E-state index is -0.749. The molecule has 10 nitrogen and oxygen atoms in total. The van der Waals surface area contributed by atoms with Crippen LogP contribution in [-0.2, 0) is 20.8 Å². The molecule has 0 fully saturated rings. The van der Waals surface area contributed by atoms with E-state index in [1.807, 2.05) is 0 Å². The lowest BCUT2D eigenvalue weighted by Crippen LogP contribution is -2.34. The molecule has 0 unspecified atom stereocenters. The summed E-state index contributed by atoms with van der Waals surface area (Å²) in [6.45, 7) is 1.59. The van der Waals surface area contributed by atoms with E-state index in [-0.39, 0.29) is 52.6 Å². The van der Waals surface area contributed by atoms with Gasteiger partial charge in [0.1, 0.15) is 22.6 Å². The van der Waals surface area contributed by atoms with Crippen molar-refractivity contribution in [1.82, 2.24) is 14.0 Å². The second-order valence-corrected chi connectivity index (χ2v) is 8.54. The van der Waals surface area contributed by atoms with Crippen molar-refractivity contribution in [1.29, 1.82) is 0 Å². The van der Waals surface area contributed by atoms with E-state index in [9.17, 15) is 14.4 Å². The van der Waals surface area contributed by atoms with Crippen LogP contribution in [0.1, 0.15) is 17.3 Å². The van der Waals surface area contributed by atoms with E-state index in [1.165, 1.54) is 34.3 Å². The highest BCUT2D eigenvalue weighted by Crippen LogP contribution is 2.27. The van der Waals surface area contributed by atoms with Crippen LogP contribution in [-0.4, -0.2) is 52.8 Å². The monoisotopic (exact) mass is 544 g/mol. The highest BCUT2D eigenvalue weighted by Gasteiger charge is 2.20. The Balaban J connectivity index is 1.91. The van der Waals surface area contributed by atoms with E-state index in [4.69, 9.17) is 37.4 Å². The maximum atomic E-state index is 13.3. The highest BCUT2D eigenvalue weighted by atomic mass is 35.5. The molecule has 3 aromatic heterocycles. The Morgan fingerprint density at radius 2 is 1.95 bits per heavy atom. The number of benzene rings is 1. The molecular formula is C25H22Cl2N4O6. The summed E-state index contributed by atoms with van der Waals surface area (Å²) in [6.07, 6.45) is 1.58. The van der Waals surface area contributed by atoms with E-state index in [0.29, 0.717) is 10.7 Å². The molecule has 192 valence electrons. The van der Waals surface area contributed by atoms with Crippen molar-refractivity contribution in [2.24, 2.45) is 4.99 Å². The predicted octanol–water partition coefficient (Wildman–Crippen LogP) is 3.29. The predicted molar refractivity (Wildman–Crippen MR) is 137 cm³/mol. The summed E-state index contributed by atoms with van der Waals surface area (Å²) in [5.41, 5.74) is 0.113. The number of hydrogen-bond donors (Lipinski definition) is 0. The standard InChI is InChI=1S/C25H22Cl2N4O6/c1-3-36-25(34)17-13-16-22(28-20-6-4-5-9-30(20)24(16)33)31(10-11-35-2)23(17)29-21(32)14-37-19-8-7-15(26)12-18(19)27/h4-9,12-13H,3,10-11,14H2,1-2H3. The zero-order valence-electron chi connectivity index (χ0n) is 19.9. The van der Waals surface area contributed by atoms with Crippen molar-refractivity contribution in [3.8, 4) is 5.75 Å². The molecule has 0 aliphatic carbocycles. The number of nitrogens with zero attached hydrogens (tertiary/aromatic N) is 4. The Bertz CT molecular complexity index is 1630. The molecule has 1 aromatic carbocycles. The minimum absolute atomic E-state index is 0.0361. The van der Waals surface area contributed by atoms with E-state index in [2.05, 4.69) is 9.98 Å². The number of fused-ring (bicyclic) bond motifs is 2. The van der Waals surface area contributed by atoms with Gasteiger partial charge in [-0.25, -0.2) is 9.78 Å². The maximum absolute atomic E-state index is 13.3. The molecular weight excluding hydrogens is 523 g/mol. The molecule has 0 aliphatic heterocycles. The lowest BCUT2D eigenvalue weighted by atomic mass is 10.2. The first kappa shape index (κ1) is 26.3. The van der Waals surface area contributed by atoms with E-state index >= 15 is 0 Å². The fraction of sp³-hybridized carbons (Fsp3) is 0.240. The average molecular weight is 545 g/mol. The molecule has 1 amide bonds. The number of amides is 1. The molecule has 12 heteroatoms. The number of hydrogen-bond acceptors (Lipinski definition) is 7. The van der Waals surface area contributed by atoms with Gasteiger partial charge in [0.25, 0.3) is 11.5 Å². The highest BCUT2D eigenvalue weighted by molar-refractivity contribution is 6.35. The second kappa shape index (κ2) is 11.5.